The summed E-state index contributed by atoms with van der Waals surface area (Å²) in [4.78, 5) is 12.0. The quantitative estimate of drug-likeness (QED) is 0.928. The number of nitrogens with one attached hydrogen (secondary N) is 1. The van der Waals surface area contributed by atoms with Gasteiger partial charge in [-0.2, -0.15) is 0 Å². The van der Waals surface area contributed by atoms with Crippen LogP contribution in [-0.2, 0) is 0 Å². The van der Waals surface area contributed by atoms with Crippen molar-refractivity contribution in [3.8, 4) is 5.75 Å². The molecule has 20 heavy (non-hydrogen) atoms. The molecule has 0 aliphatic carbocycles. The maximum absolute atomic E-state index is 13.5. The lowest BCUT2D eigenvalue weighted by Crippen LogP contribution is -2.27. The van der Waals surface area contributed by atoms with Crippen molar-refractivity contribution >= 4 is 5.91 Å². The first-order chi connectivity index (χ1) is 9.61. The molecule has 0 heterocycles. The fourth-order valence-corrected chi connectivity index (χ4v) is 1.90. The molecule has 0 radical (unpaired) electrons. The van der Waals surface area contributed by atoms with Crippen LogP contribution in [0.3, 0.4) is 0 Å². The van der Waals surface area contributed by atoms with E-state index in [0.29, 0.717) is 0 Å². The van der Waals surface area contributed by atoms with Crippen LogP contribution in [0.5, 0.6) is 5.75 Å². The van der Waals surface area contributed by atoms with E-state index < -0.39 is 11.7 Å². The minimum atomic E-state index is -0.521. The Balaban J connectivity index is 2.09. The number of amides is 1. The molecule has 0 spiro atoms. The normalized spacial score (nSPS) is 11.8. The first kappa shape index (κ1) is 14.1. The fourth-order valence-electron chi connectivity index (χ4n) is 1.90. The Bertz CT molecular complexity index is 596. The van der Waals surface area contributed by atoms with Gasteiger partial charge in [0.15, 0.2) is 0 Å². The maximum Gasteiger partial charge on any atom is 0.254 e. The minimum Gasteiger partial charge on any atom is -0.497 e. The Hall–Kier alpha value is -2.36. The summed E-state index contributed by atoms with van der Waals surface area (Å²) in [5.41, 5.74) is 0.975. The van der Waals surface area contributed by atoms with E-state index in [1.165, 1.54) is 12.1 Å². The lowest BCUT2D eigenvalue weighted by molar-refractivity contribution is 0.0936. The van der Waals surface area contributed by atoms with Crippen LogP contribution >= 0.6 is 0 Å². The van der Waals surface area contributed by atoms with Crippen LogP contribution in [0.2, 0.25) is 0 Å². The number of halogens is 1. The van der Waals surface area contributed by atoms with Gasteiger partial charge in [-0.05, 0) is 36.8 Å². The van der Waals surface area contributed by atoms with Gasteiger partial charge in [0.25, 0.3) is 5.91 Å². The molecule has 2 aromatic rings. The van der Waals surface area contributed by atoms with Crippen LogP contribution in [0, 0.1) is 5.82 Å². The molecule has 0 fully saturated rings. The van der Waals surface area contributed by atoms with Crippen LogP contribution in [-0.4, -0.2) is 13.0 Å². The summed E-state index contributed by atoms with van der Waals surface area (Å²) in [7, 11) is 1.60. The molecule has 2 aromatic carbocycles. The predicted molar refractivity (Wildman–Crippen MR) is 75.3 cm³/mol. The van der Waals surface area contributed by atoms with Crippen LogP contribution in [0.1, 0.15) is 28.9 Å². The SMILES string of the molecule is COc1ccc([C@H](C)NC(=O)c2ccccc2F)cc1. The first-order valence-corrected chi connectivity index (χ1v) is 6.31. The summed E-state index contributed by atoms with van der Waals surface area (Å²) < 4.78 is 18.6. The largest absolute Gasteiger partial charge is 0.497 e. The van der Waals surface area contributed by atoms with Crippen molar-refractivity contribution in [3.63, 3.8) is 0 Å². The van der Waals surface area contributed by atoms with Crippen molar-refractivity contribution in [2.75, 3.05) is 7.11 Å². The molecule has 0 aliphatic rings. The van der Waals surface area contributed by atoms with Crippen molar-refractivity contribution < 1.29 is 13.9 Å². The average Bonchev–Trinajstić information content (AvgIpc) is 2.47. The van der Waals surface area contributed by atoms with Crippen LogP contribution in [0.4, 0.5) is 4.39 Å². The lowest BCUT2D eigenvalue weighted by atomic mass is 10.1. The molecule has 104 valence electrons. The van der Waals surface area contributed by atoms with Gasteiger partial charge < -0.3 is 10.1 Å². The molecule has 0 saturated heterocycles. The summed E-state index contributed by atoms with van der Waals surface area (Å²) in [6, 6.07) is 13.1. The van der Waals surface area contributed by atoms with Gasteiger partial charge in [0.2, 0.25) is 0 Å². The summed E-state index contributed by atoms with van der Waals surface area (Å²) in [6.45, 7) is 1.85. The second-order valence-corrected chi connectivity index (χ2v) is 4.45. The number of benzene rings is 2. The number of rotatable bonds is 4. The summed E-state index contributed by atoms with van der Waals surface area (Å²) in [5.74, 6) is -0.195. The zero-order valence-electron chi connectivity index (χ0n) is 11.4. The van der Waals surface area contributed by atoms with E-state index in [0.717, 1.165) is 11.3 Å². The van der Waals surface area contributed by atoms with Gasteiger partial charge in [0, 0.05) is 0 Å². The van der Waals surface area contributed by atoms with Crippen LogP contribution in [0.15, 0.2) is 48.5 Å². The predicted octanol–water partition coefficient (Wildman–Crippen LogP) is 3.33. The first-order valence-electron chi connectivity index (χ1n) is 6.31. The van der Waals surface area contributed by atoms with Gasteiger partial charge in [-0.25, -0.2) is 4.39 Å². The standard InChI is InChI=1S/C16H16FNO2/c1-11(12-7-9-13(20-2)10-8-12)18-16(19)14-5-3-4-6-15(14)17/h3-11H,1-2H3,(H,18,19)/t11-/m0/s1. The smallest absolute Gasteiger partial charge is 0.254 e. The van der Waals surface area contributed by atoms with E-state index in [1.54, 1.807) is 19.2 Å². The van der Waals surface area contributed by atoms with Crippen LogP contribution in [0.25, 0.3) is 0 Å². The van der Waals surface area contributed by atoms with Gasteiger partial charge in [0.1, 0.15) is 11.6 Å². The highest BCUT2D eigenvalue weighted by atomic mass is 19.1. The monoisotopic (exact) mass is 273 g/mol. The Labute approximate surface area is 117 Å². The topological polar surface area (TPSA) is 38.3 Å². The fraction of sp³-hybridized carbons (Fsp3) is 0.188. The molecule has 3 nitrogen and oxygen atoms in total. The molecule has 0 saturated carbocycles. The van der Waals surface area contributed by atoms with E-state index in [1.807, 2.05) is 31.2 Å². The Morgan fingerprint density at radius 2 is 1.80 bits per heavy atom. The third kappa shape index (κ3) is 3.15. The van der Waals surface area contributed by atoms with Crippen molar-refractivity contribution in [1.82, 2.24) is 5.32 Å². The maximum atomic E-state index is 13.5. The van der Waals surface area contributed by atoms with Crippen molar-refractivity contribution in [2.24, 2.45) is 0 Å². The average molecular weight is 273 g/mol. The number of carbonyl (C=O) groups excluding carboxylic acids is 1. The van der Waals surface area contributed by atoms with E-state index in [2.05, 4.69) is 5.32 Å². The third-order valence-corrected chi connectivity index (χ3v) is 3.08. The Morgan fingerprint density at radius 1 is 1.15 bits per heavy atom. The highest BCUT2D eigenvalue weighted by Gasteiger charge is 2.14. The molecule has 0 unspecified atom stereocenters. The number of methoxy groups -OCH3 is 1. The molecule has 0 aliphatic heterocycles. The summed E-state index contributed by atoms with van der Waals surface area (Å²) >= 11 is 0. The van der Waals surface area contributed by atoms with Crippen molar-refractivity contribution in [1.29, 1.82) is 0 Å². The summed E-state index contributed by atoms with van der Waals surface area (Å²) in [5, 5.41) is 2.77. The minimum absolute atomic E-state index is 0.0489. The highest BCUT2D eigenvalue weighted by molar-refractivity contribution is 5.94. The number of hydrogen-bond donors (Lipinski definition) is 1. The number of hydrogen-bond acceptors (Lipinski definition) is 2. The second kappa shape index (κ2) is 6.19. The number of carbonyl (C=O) groups is 1. The van der Waals surface area contributed by atoms with Crippen LogP contribution < -0.4 is 10.1 Å². The van der Waals surface area contributed by atoms with E-state index in [-0.39, 0.29) is 11.6 Å². The van der Waals surface area contributed by atoms with Gasteiger partial charge in [-0.15, -0.1) is 0 Å². The van der Waals surface area contributed by atoms with Crippen molar-refractivity contribution in [3.05, 3.63) is 65.5 Å². The zero-order valence-corrected chi connectivity index (χ0v) is 11.4. The molecule has 1 N–H and O–H groups in total. The third-order valence-electron chi connectivity index (χ3n) is 3.08. The van der Waals surface area contributed by atoms with E-state index in [9.17, 15) is 9.18 Å². The van der Waals surface area contributed by atoms with Gasteiger partial charge >= 0.3 is 0 Å². The Kier molecular flexibility index (Phi) is 4.35. The molecule has 1 atom stereocenters. The molecule has 0 aromatic heterocycles. The summed E-state index contributed by atoms with van der Waals surface area (Å²) in [6.07, 6.45) is 0. The van der Waals surface area contributed by atoms with E-state index >= 15 is 0 Å². The second-order valence-electron chi connectivity index (χ2n) is 4.45. The van der Waals surface area contributed by atoms with Gasteiger partial charge in [-0.3, -0.25) is 4.79 Å². The lowest BCUT2D eigenvalue weighted by Gasteiger charge is -2.15. The molecule has 2 rings (SSSR count). The Morgan fingerprint density at radius 3 is 2.40 bits per heavy atom. The molecular formula is C16H16FNO2. The molecular weight excluding hydrogens is 257 g/mol. The molecule has 0 bridgehead atoms. The number of ether oxygens (including phenoxy) is 1. The zero-order chi connectivity index (χ0) is 14.5. The molecule has 1 amide bonds. The van der Waals surface area contributed by atoms with Gasteiger partial charge in [0.05, 0.1) is 18.7 Å². The van der Waals surface area contributed by atoms with E-state index in [4.69, 9.17) is 4.74 Å². The van der Waals surface area contributed by atoms with Crippen molar-refractivity contribution in [2.45, 2.75) is 13.0 Å². The van der Waals surface area contributed by atoms with Gasteiger partial charge in [-0.1, -0.05) is 24.3 Å². The molecule has 4 heteroatoms. The highest BCUT2D eigenvalue weighted by Crippen LogP contribution is 2.18.